The predicted octanol–water partition coefficient (Wildman–Crippen LogP) is 1.77. The van der Waals surface area contributed by atoms with Crippen molar-refractivity contribution >= 4 is 21.9 Å². The van der Waals surface area contributed by atoms with Crippen LogP contribution in [0.15, 0.2) is 16.7 Å². The standard InChI is InChI=1S/C7H5BrFNO2/c1-12-7(11)6-2-4(8)5(9)3-10-6/h2-3H,1H3/i1D3. The van der Waals surface area contributed by atoms with Crippen LogP contribution in [0, 0.1) is 5.82 Å². The van der Waals surface area contributed by atoms with Gasteiger partial charge in [0, 0.05) is 0 Å². The molecule has 0 saturated heterocycles. The maximum absolute atomic E-state index is 12.7. The second-order valence-corrected chi connectivity index (χ2v) is 2.73. The summed E-state index contributed by atoms with van der Waals surface area (Å²) in [6, 6.07) is 1.05. The van der Waals surface area contributed by atoms with Gasteiger partial charge >= 0.3 is 5.97 Å². The van der Waals surface area contributed by atoms with E-state index in [2.05, 4.69) is 25.7 Å². The molecule has 0 bridgehead atoms. The molecule has 1 rings (SSSR count). The number of carbonyl (C=O) groups excluding carboxylic acids is 1. The minimum absolute atomic E-state index is 0.00925. The first-order valence-electron chi connectivity index (χ1n) is 4.34. The second-order valence-electron chi connectivity index (χ2n) is 1.87. The number of esters is 1. The molecule has 1 aromatic heterocycles. The highest BCUT2D eigenvalue weighted by molar-refractivity contribution is 9.10. The number of ether oxygens (including phenoxy) is 1. The Morgan fingerprint density at radius 2 is 2.67 bits per heavy atom. The van der Waals surface area contributed by atoms with Crippen molar-refractivity contribution in [2.24, 2.45) is 0 Å². The molecule has 0 aliphatic heterocycles. The number of pyridine rings is 1. The average molecular weight is 237 g/mol. The number of rotatable bonds is 1. The smallest absolute Gasteiger partial charge is 0.356 e. The zero-order chi connectivity index (χ0) is 11.6. The van der Waals surface area contributed by atoms with Crippen LogP contribution in [-0.4, -0.2) is 18.0 Å². The van der Waals surface area contributed by atoms with Gasteiger partial charge < -0.3 is 4.74 Å². The summed E-state index contributed by atoms with van der Waals surface area (Å²) >= 11 is 2.83. The van der Waals surface area contributed by atoms with Crippen LogP contribution in [0.4, 0.5) is 4.39 Å². The van der Waals surface area contributed by atoms with E-state index in [4.69, 9.17) is 4.11 Å². The van der Waals surface area contributed by atoms with Crippen LogP contribution >= 0.6 is 15.9 Å². The Morgan fingerprint density at radius 3 is 3.25 bits per heavy atom. The van der Waals surface area contributed by atoms with E-state index < -0.39 is 18.8 Å². The molecule has 64 valence electrons. The van der Waals surface area contributed by atoms with Crippen molar-refractivity contribution in [3.8, 4) is 0 Å². The van der Waals surface area contributed by atoms with Gasteiger partial charge in [-0.25, -0.2) is 14.2 Å². The molecule has 5 heteroatoms. The third kappa shape index (κ3) is 1.79. The summed E-state index contributed by atoms with van der Waals surface area (Å²) in [6.45, 7) is 0. The molecule has 0 radical (unpaired) electrons. The third-order valence-electron chi connectivity index (χ3n) is 1.11. The molecule has 0 aromatic carbocycles. The van der Waals surface area contributed by atoms with Crippen molar-refractivity contribution in [1.29, 1.82) is 0 Å². The summed E-state index contributed by atoms with van der Waals surface area (Å²) in [5.74, 6) is -1.78. The summed E-state index contributed by atoms with van der Waals surface area (Å²) in [5, 5.41) is 0. The largest absolute Gasteiger partial charge is 0.464 e. The summed E-state index contributed by atoms with van der Waals surface area (Å²) in [6.07, 6.45) is 0.792. The fourth-order valence-electron chi connectivity index (χ4n) is 0.578. The first kappa shape index (κ1) is 5.64. The number of hydrogen-bond donors (Lipinski definition) is 0. The monoisotopic (exact) mass is 236 g/mol. The zero-order valence-corrected chi connectivity index (χ0v) is 7.26. The van der Waals surface area contributed by atoms with Gasteiger partial charge in [-0.15, -0.1) is 0 Å². The molecule has 3 nitrogen and oxygen atoms in total. The Hall–Kier alpha value is -0.970. The number of carbonyl (C=O) groups is 1. The van der Waals surface area contributed by atoms with Gasteiger partial charge in [0.2, 0.25) is 0 Å². The molecular formula is C7H5BrFNO2. The summed E-state index contributed by atoms with van der Waals surface area (Å²) in [7, 11) is -2.83. The van der Waals surface area contributed by atoms with E-state index in [1.807, 2.05) is 0 Å². The topological polar surface area (TPSA) is 39.2 Å². The molecule has 0 atom stereocenters. The molecule has 12 heavy (non-hydrogen) atoms. The molecule has 0 spiro atoms. The van der Waals surface area contributed by atoms with Crippen molar-refractivity contribution in [2.45, 2.75) is 0 Å². The fourth-order valence-corrected chi connectivity index (χ4v) is 0.897. The maximum atomic E-state index is 12.7. The van der Waals surface area contributed by atoms with Crippen LogP contribution in [0.1, 0.15) is 14.6 Å². The van der Waals surface area contributed by atoms with E-state index in [1.54, 1.807) is 0 Å². The Balaban J connectivity index is 2.88. The number of hydrogen-bond acceptors (Lipinski definition) is 3. The van der Waals surface area contributed by atoms with E-state index in [0.29, 0.717) is 0 Å². The third-order valence-corrected chi connectivity index (χ3v) is 1.72. The highest BCUT2D eigenvalue weighted by atomic mass is 79.9. The number of methoxy groups -OCH3 is 1. The minimum atomic E-state index is -2.83. The molecule has 0 aliphatic rings. The lowest BCUT2D eigenvalue weighted by atomic mass is 10.3. The van der Waals surface area contributed by atoms with E-state index in [0.717, 1.165) is 12.3 Å². The van der Waals surface area contributed by atoms with Crippen LogP contribution in [0.25, 0.3) is 0 Å². The zero-order valence-electron chi connectivity index (χ0n) is 8.67. The molecule has 0 fully saturated rings. The Kier molecular flexibility index (Phi) is 1.70. The van der Waals surface area contributed by atoms with Crippen molar-refractivity contribution in [3.63, 3.8) is 0 Å². The van der Waals surface area contributed by atoms with Gasteiger partial charge in [0.1, 0.15) is 5.69 Å². The molecule has 0 aliphatic carbocycles. The first-order chi connectivity index (χ1) is 6.79. The quantitative estimate of drug-likeness (QED) is 0.698. The maximum Gasteiger partial charge on any atom is 0.356 e. The van der Waals surface area contributed by atoms with Gasteiger partial charge in [-0.1, -0.05) is 0 Å². The number of nitrogens with zero attached hydrogens (tertiary/aromatic N) is 1. The highest BCUT2D eigenvalue weighted by Crippen LogP contribution is 2.14. The molecule has 0 saturated carbocycles. The van der Waals surface area contributed by atoms with Gasteiger partial charge in [-0.3, -0.25) is 0 Å². The van der Waals surface area contributed by atoms with E-state index in [1.165, 1.54) is 0 Å². The van der Waals surface area contributed by atoms with Crippen LogP contribution in [0.2, 0.25) is 0 Å². The lowest BCUT2D eigenvalue weighted by Gasteiger charge is -1.98. The molecule has 1 aromatic rings. The Labute approximate surface area is 80.9 Å². The van der Waals surface area contributed by atoms with Crippen molar-refractivity contribution < 1.29 is 18.0 Å². The molecule has 0 unspecified atom stereocenters. The van der Waals surface area contributed by atoms with Crippen LogP contribution in [0.5, 0.6) is 0 Å². The van der Waals surface area contributed by atoms with Gasteiger partial charge in [0.05, 0.1) is 21.8 Å². The first-order valence-corrected chi connectivity index (χ1v) is 3.63. The molecule has 1 heterocycles. The second kappa shape index (κ2) is 3.62. The average Bonchev–Trinajstić information content (AvgIpc) is 2.06. The molecule has 0 amide bonds. The fraction of sp³-hybridized carbons (Fsp3) is 0.143. The number of halogens is 2. The Morgan fingerprint density at radius 1 is 1.92 bits per heavy atom. The number of aromatic nitrogens is 1. The van der Waals surface area contributed by atoms with E-state index in [9.17, 15) is 9.18 Å². The minimum Gasteiger partial charge on any atom is -0.464 e. The van der Waals surface area contributed by atoms with Gasteiger partial charge in [0.15, 0.2) is 5.82 Å². The van der Waals surface area contributed by atoms with Gasteiger partial charge in [-0.05, 0) is 22.0 Å². The summed E-state index contributed by atoms with van der Waals surface area (Å²) in [5.41, 5.74) is -0.278. The summed E-state index contributed by atoms with van der Waals surface area (Å²) in [4.78, 5) is 14.5. The summed E-state index contributed by atoms with van der Waals surface area (Å²) < 4.78 is 36.9. The lowest BCUT2D eigenvalue weighted by molar-refractivity contribution is 0.0594. The van der Waals surface area contributed by atoms with Crippen LogP contribution in [0.3, 0.4) is 0 Å². The van der Waals surface area contributed by atoms with E-state index >= 15 is 0 Å². The highest BCUT2D eigenvalue weighted by Gasteiger charge is 2.09. The normalized spacial score (nSPS) is 14.3. The van der Waals surface area contributed by atoms with Gasteiger partial charge in [0.25, 0.3) is 0 Å². The van der Waals surface area contributed by atoms with Crippen LogP contribution in [-0.2, 0) is 4.74 Å². The predicted molar refractivity (Wildman–Crippen MR) is 43.2 cm³/mol. The molecule has 0 N–H and O–H groups in total. The van der Waals surface area contributed by atoms with Crippen LogP contribution < -0.4 is 0 Å². The lowest BCUT2D eigenvalue weighted by Crippen LogP contribution is -2.04. The van der Waals surface area contributed by atoms with Crippen molar-refractivity contribution in [2.75, 3.05) is 7.04 Å². The van der Waals surface area contributed by atoms with Crippen molar-refractivity contribution in [1.82, 2.24) is 4.98 Å². The van der Waals surface area contributed by atoms with Crippen molar-refractivity contribution in [3.05, 3.63) is 28.2 Å². The van der Waals surface area contributed by atoms with Gasteiger partial charge in [-0.2, -0.15) is 0 Å². The Bertz CT molecular complexity index is 396. The molecular weight excluding hydrogens is 229 g/mol. The van der Waals surface area contributed by atoms with E-state index in [-0.39, 0.29) is 10.2 Å². The SMILES string of the molecule is [2H]C([2H])([2H])OC(=O)c1cc(Br)c(F)cn1.